The van der Waals surface area contributed by atoms with Gasteiger partial charge in [0, 0.05) is 6.04 Å². The van der Waals surface area contributed by atoms with Gasteiger partial charge in [0.25, 0.3) is 0 Å². The quantitative estimate of drug-likeness (QED) is 0.683. The van der Waals surface area contributed by atoms with Crippen LogP contribution in [0.4, 0.5) is 0 Å². The van der Waals surface area contributed by atoms with Crippen molar-refractivity contribution in [3.8, 4) is 0 Å². The molecule has 2 saturated carbocycles. The van der Waals surface area contributed by atoms with Crippen LogP contribution in [0.3, 0.4) is 0 Å². The summed E-state index contributed by atoms with van der Waals surface area (Å²) in [7, 11) is 0. The molecule has 0 aliphatic heterocycles. The highest BCUT2D eigenvalue weighted by Gasteiger charge is 2.53. The summed E-state index contributed by atoms with van der Waals surface area (Å²) in [6.45, 7) is 1.67. The molecule has 4 N–H and O–H groups in total. The smallest absolute Gasteiger partial charge is 0.237 e. The molecule has 0 heterocycles. The largest absolute Gasteiger partial charge is 0.353 e. The van der Waals surface area contributed by atoms with Crippen molar-refractivity contribution in [1.82, 2.24) is 10.6 Å². The Morgan fingerprint density at radius 2 is 2.00 bits per heavy atom. The van der Waals surface area contributed by atoms with Crippen molar-refractivity contribution in [1.29, 1.82) is 0 Å². The third-order valence-electron chi connectivity index (χ3n) is 5.46. The van der Waals surface area contributed by atoms with Crippen LogP contribution in [0.2, 0.25) is 0 Å². The summed E-state index contributed by atoms with van der Waals surface area (Å²) in [5.41, 5.74) is 5.16. The second-order valence-electron chi connectivity index (χ2n) is 7.27. The first-order chi connectivity index (χ1) is 10.5. The van der Waals surface area contributed by atoms with Crippen molar-refractivity contribution in [2.45, 2.75) is 69.5 Å². The van der Waals surface area contributed by atoms with Gasteiger partial charge in [-0.05, 0) is 38.5 Å². The molecule has 3 aliphatic carbocycles. The van der Waals surface area contributed by atoms with E-state index in [0.717, 1.165) is 25.7 Å². The topological polar surface area (TPSA) is 84.2 Å². The molecule has 5 nitrogen and oxygen atoms in total. The van der Waals surface area contributed by atoms with E-state index in [2.05, 4.69) is 16.7 Å². The summed E-state index contributed by atoms with van der Waals surface area (Å²) in [6.07, 6.45) is 11.6. The number of hydrogen-bond acceptors (Lipinski definition) is 3. The van der Waals surface area contributed by atoms with E-state index in [-0.39, 0.29) is 17.7 Å². The Balaban J connectivity index is 1.68. The number of fused-ring (bicyclic) bond motifs is 2. The summed E-state index contributed by atoms with van der Waals surface area (Å²) < 4.78 is 0. The number of amides is 2. The van der Waals surface area contributed by atoms with Crippen LogP contribution in [0.25, 0.3) is 0 Å². The first kappa shape index (κ1) is 15.5. The van der Waals surface area contributed by atoms with Gasteiger partial charge in [0.2, 0.25) is 11.8 Å². The number of allylic oxidation sites excluding steroid dienone is 1. The molecule has 0 spiro atoms. The Hall–Kier alpha value is -1.36. The van der Waals surface area contributed by atoms with E-state index in [9.17, 15) is 9.59 Å². The van der Waals surface area contributed by atoms with Crippen LogP contribution in [-0.4, -0.2) is 29.4 Å². The maximum Gasteiger partial charge on any atom is 0.237 e. The highest BCUT2D eigenvalue weighted by atomic mass is 16.2. The average molecular weight is 305 g/mol. The highest BCUT2D eigenvalue weighted by Crippen LogP contribution is 2.47. The van der Waals surface area contributed by atoms with Crippen molar-refractivity contribution < 1.29 is 9.59 Å². The maximum absolute atomic E-state index is 12.7. The molecule has 2 bridgehead atoms. The molecule has 5 heteroatoms. The first-order valence-corrected chi connectivity index (χ1v) is 8.57. The standard InChI is InChI=1S/C17H27N3O2/c1-11(18)15(21)20-17-8-7-12(10-17)9-14(17)16(22)19-13-5-3-2-4-6-13/h7-8,11-14H,2-6,9-10,18H2,1H3,(H,19,22)(H,20,21). The van der Waals surface area contributed by atoms with Gasteiger partial charge in [-0.25, -0.2) is 0 Å². The summed E-state index contributed by atoms with van der Waals surface area (Å²) in [5, 5.41) is 6.26. The summed E-state index contributed by atoms with van der Waals surface area (Å²) in [6, 6.07) is -0.241. The minimum atomic E-state index is -0.551. The molecule has 3 aliphatic rings. The molecule has 4 atom stereocenters. The fourth-order valence-corrected chi connectivity index (χ4v) is 4.22. The first-order valence-electron chi connectivity index (χ1n) is 8.57. The van der Waals surface area contributed by atoms with Gasteiger partial charge in [0.1, 0.15) is 0 Å². The Morgan fingerprint density at radius 1 is 1.27 bits per heavy atom. The van der Waals surface area contributed by atoms with E-state index in [0.29, 0.717) is 12.0 Å². The predicted molar refractivity (Wildman–Crippen MR) is 84.9 cm³/mol. The van der Waals surface area contributed by atoms with E-state index in [1.165, 1.54) is 19.3 Å². The molecule has 2 fully saturated rings. The van der Waals surface area contributed by atoms with Crippen LogP contribution in [0.1, 0.15) is 51.9 Å². The summed E-state index contributed by atoms with van der Waals surface area (Å²) >= 11 is 0. The number of nitrogens with one attached hydrogen (secondary N) is 2. The van der Waals surface area contributed by atoms with Crippen LogP contribution in [-0.2, 0) is 9.59 Å². The third kappa shape index (κ3) is 2.91. The maximum atomic E-state index is 12.7. The van der Waals surface area contributed by atoms with Crippen LogP contribution in [0.5, 0.6) is 0 Å². The van der Waals surface area contributed by atoms with Crippen LogP contribution < -0.4 is 16.4 Å². The zero-order chi connectivity index (χ0) is 15.7. The van der Waals surface area contributed by atoms with Crippen LogP contribution >= 0.6 is 0 Å². The van der Waals surface area contributed by atoms with Gasteiger partial charge in [-0.1, -0.05) is 31.4 Å². The number of rotatable bonds is 4. The number of carbonyl (C=O) groups is 2. The molecule has 22 heavy (non-hydrogen) atoms. The Labute approximate surface area is 132 Å². The predicted octanol–water partition coefficient (Wildman–Crippen LogP) is 1.23. The molecule has 0 radical (unpaired) electrons. The number of nitrogens with two attached hydrogens (primary N) is 1. The molecule has 2 amide bonds. The lowest BCUT2D eigenvalue weighted by Gasteiger charge is -2.34. The third-order valence-corrected chi connectivity index (χ3v) is 5.46. The van der Waals surface area contributed by atoms with Crippen molar-refractivity contribution in [2.75, 3.05) is 0 Å². The van der Waals surface area contributed by atoms with E-state index in [1.807, 2.05) is 6.08 Å². The van der Waals surface area contributed by atoms with Crippen LogP contribution in [0.15, 0.2) is 12.2 Å². The van der Waals surface area contributed by atoms with Crippen molar-refractivity contribution >= 4 is 11.8 Å². The van der Waals surface area contributed by atoms with E-state index < -0.39 is 11.6 Å². The van der Waals surface area contributed by atoms with E-state index >= 15 is 0 Å². The van der Waals surface area contributed by atoms with Gasteiger partial charge in [-0.15, -0.1) is 0 Å². The van der Waals surface area contributed by atoms with Gasteiger partial charge in [0.15, 0.2) is 0 Å². The monoisotopic (exact) mass is 305 g/mol. The van der Waals surface area contributed by atoms with Crippen molar-refractivity contribution in [2.24, 2.45) is 17.6 Å². The zero-order valence-electron chi connectivity index (χ0n) is 13.3. The molecule has 0 aromatic heterocycles. The second kappa shape index (κ2) is 6.03. The van der Waals surface area contributed by atoms with E-state index in [4.69, 9.17) is 5.73 Å². The molecular formula is C17H27N3O2. The molecule has 0 aromatic rings. The number of hydrogen-bond donors (Lipinski definition) is 3. The lowest BCUT2D eigenvalue weighted by Crippen LogP contribution is -2.57. The lowest BCUT2D eigenvalue weighted by molar-refractivity contribution is -0.129. The normalized spacial score (nSPS) is 35.4. The zero-order valence-corrected chi connectivity index (χ0v) is 13.3. The van der Waals surface area contributed by atoms with Gasteiger partial charge in [-0.2, -0.15) is 0 Å². The molecule has 122 valence electrons. The number of carbonyl (C=O) groups excluding carboxylic acids is 2. The highest BCUT2D eigenvalue weighted by molar-refractivity contribution is 5.86. The fourth-order valence-electron chi connectivity index (χ4n) is 4.22. The Morgan fingerprint density at radius 3 is 2.64 bits per heavy atom. The Kier molecular flexibility index (Phi) is 4.26. The van der Waals surface area contributed by atoms with Gasteiger partial charge in [-0.3, -0.25) is 9.59 Å². The molecule has 0 saturated heterocycles. The van der Waals surface area contributed by atoms with Crippen molar-refractivity contribution in [3.05, 3.63) is 12.2 Å². The fraction of sp³-hybridized carbons (Fsp3) is 0.765. The van der Waals surface area contributed by atoms with Crippen molar-refractivity contribution in [3.63, 3.8) is 0 Å². The second-order valence-corrected chi connectivity index (χ2v) is 7.27. The van der Waals surface area contributed by atoms with Gasteiger partial charge in [0.05, 0.1) is 17.5 Å². The molecule has 3 rings (SSSR count). The molecule has 4 unspecified atom stereocenters. The van der Waals surface area contributed by atoms with E-state index in [1.54, 1.807) is 6.92 Å². The minimum Gasteiger partial charge on any atom is -0.353 e. The Bertz CT molecular complexity index is 482. The summed E-state index contributed by atoms with van der Waals surface area (Å²) in [4.78, 5) is 24.8. The summed E-state index contributed by atoms with van der Waals surface area (Å²) in [5.74, 6) is 0.161. The van der Waals surface area contributed by atoms with Gasteiger partial charge < -0.3 is 16.4 Å². The molecular weight excluding hydrogens is 278 g/mol. The molecule has 0 aromatic carbocycles. The average Bonchev–Trinajstić information content (AvgIpc) is 3.05. The SMILES string of the molecule is CC(N)C(=O)NC12C=CC(CC1C(=O)NC1CCCCC1)C2. The lowest BCUT2D eigenvalue weighted by atomic mass is 9.84. The van der Waals surface area contributed by atoms with Crippen LogP contribution in [0, 0.1) is 11.8 Å². The minimum absolute atomic E-state index is 0.101. The van der Waals surface area contributed by atoms with Gasteiger partial charge >= 0.3 is 0 Å².